The van der Waals surface area contributed by atoms with Crippen LogP contribution >= 0.6 is 0 Å². The zero-order chi connectivity index (χ0) is 11.8. The molecule has 0 saturated carbocycles. The summed E-state index contributed by atoms with van der Waals surface area (Å²) >= 11 is 0. The van der Waals surface area contributed by atoms with Gasteiger partial charge in [0, 0.05) is 17.8 Å². The second-order valence-electron chi connectivity index (χ2n) is 4.40. The van der Waals surface area contributed by atoms with E-state index in [0.717, 1.165) is 12.2 Å². The fourth-order valence-corrected chi connectivity index (χ4v) is 1.35. The molecule has 0 fully saturated rings. The molecule has 2 heterocycles. The van der Waals surface area contributed by atoms with E-state index in [1.807, 2.05) is 0 Å². The predicted molar refractivity (Wildman–Crippen MR) is 62.9 cm³/mol. The first kappa shape index (κ1) is 10.7. The van der Waals surface area contributed by atoms with Crippen molar-refractivity contribution in [2.75, 3.05) is 5.73 Å². The molecule has 0 aliphatic rings. The van der Waals surface area contributed by atoms with E-state index in [9.17, 15) is 0 Å². The van der Waals surface area contributed by atoms with Crippen molar-refractivity contribution in [3.8, 4) is 0 Å². The maximum Gasteiger partial charge on any atom is 0.183 e. The van der Waals surface area contributed by atoms with Gasteiger partial charge in [0.25, 0.3) is 0 Å². The minimum absolute atomic E-state index is 0.0974. The molecule has 0 bridgehead atoms. The molecule has 0 unspecified atom stereocenters. The molecule has 2 aromatic rings. The Morgan fingerprint density at radius 2 is 1.88 bits per heavy atom. The van der Waals surface area contributed by atoms with Gasteiger partial charge in [-0.1, -0.05) is 20.8 Å². The van der Waals surface area contributed by atoms with E-state index in [2.05, 4.69) is 40.7 Å². The smallest absolute Gasteiger partial charge is 0.183 e. The third kappa shape index (κ3) is 1.68. The number of fused-ring (bicyclic) bond motifs is 1. The van der Waals surface area contributed by atoms with Crippen molar-refractivity contribution >= 4 is 17.0 Å². The SMILES string of the molecule is CCC(C)(C)c1nc(N)c2nccnc2n1. The standard InChI is InChI=1S/C11H15N5/c1-4-11(2,3)10-15-8(12)7-9(16-10)14-6-5-13-7/h5-6H,4H2,1-3H3,(H2,12,14,15,16). The molecular weight excluding hydrogens is 202 g/mol. The van der Waals surface area contributed by atoms with Gasteiger partial charge in [0.15, 0.2) is 11.5 Å². The van der Waals surface area contributed by atoms with Crippen LogP contribution in [-0.4, -0.2) is 19.9 Å². The maximum atomic E-state index is 5.85. The fraction of sp³-hybridized carbons (Fsp3) is 0.455. The monoisotopic (exact) mass is 217 g/mol. The van der Waals surface area contributed by atoms with Crippen LogP contribution in [0.5, 0.6) is 0 Å². The second-order valence-corrected chi connectivity index (χ2v) is 4.40. The minimum Gasteiger partial charge on any atom is -0.382 e. The van der Waals surface area contributed by atoms with E-state index in [1.54, 1.807) is 12.4 Å². The van der Waals surface area contributed by atoms with Crippen LogP contribution in [0.25, 0.3) is 11.2 Å². The molecule has 2 N–H and O–H groups in total. The van der Waals surface area contributed by atoms with Gasteiger partial charge in [-0.05, 0) is 6.42 Å². The lowest BCUT2D eigenvalue weighted by Crippen LogP contribution is -2.20. The van der Waals surface area contributed by atoms with Crippen LogP contribution < -0.4 is 5.73 Å². The lowest BCUT2D eigenvalue weighted by molar-refractivity contribution is 0.475. The summed E-state index contributed by atoms with van der Waals surface area (Å²) in [6.45, 7) is 6.27. The van der Waals surface area contributed by atoms with Crippen LogP contribution in [-0.2, 0) is 5.41 Å². The van der Waals surface area contributed by atoms with Crippen molar-refractivity contribution in [2.24, 2.45) is 0 Å². The average Bonchev–Trinajstić information content (AvgIpc) is 2.29. The number of hydrogen-bond acceptors (Lipinski definition) is 5. The van der Waals surface area contributed by atoms with Crippen LogP contribution in [0.1, 0.15) is 33.0 Å². The molecule has 84 valence electrons. The quantitative estimate of drug-likeness (QED) is 0.828. The second kappa shape index (κ2) is 3.66. The molecule has 0 spiro atoms. The zero-order valence-corrected chi connectivity index (χ0v) is 9.73. The van der Waals surface area contributed by atoms with Crippen molar-refractivity contribution < 1.29 is 0 Å². The van der Waals surface area contributed by atoms with Crippen molar-refractivity contribution in [3.63, 3.8) is 0 Å². The fourth-order valence-electron chi connectivity index (χ4n) is 1.35. The molecule has 0 saturated heterocycles. The number of rotatable bonds is 2. The van der Waals surface area contributed by atoms with E-state index in [1.165, 1.54) is 0 Å². The Morgan fingerprint density at radius 1 is 1.19 bits per heavy atom. The van der Waals surface area contributed by atoms with Gasteiger partial charge in [0.05, 0.1) is 0 Å². The van der Waals surface area contributed by atoms with Gasteiger partial charge in [-0.3, -0.25) is 0 Å². The summed E-state index contributed by atoms with van der Waals surface area (Å²) in [6, 6.07) is 0. The lowest BCUT2D eigenvalue weighted by atomic mass is 9.89. The van der Waals surface area contributed by atoms with Crippen LogP contribution in [0.3, 0.4) is 0 Å². The van der Waals surface area contributed by atoms with Gasteiger partial charge < -0.3 is 5.73 Å². The molecule has 0 atom stereocenters. The van der Waals surface area contributed by atoms with E-state index >= 15 is 0 Å². The Kier molecular flexibility index (Phi) is 2.46. The van der Waals surface area contributed by atoms with E-state index in [4.69, 9.17) is 5.73 Å². The topological polar surface area (TPSA) is 77.6 Å². The zero-order valence-electron chi connectivity index (χ0n) is 9.73. The normalized spacial score (nSPS) is 11.9. The molecule has 0 aliphatic heterocycles. The summed E-state index contributed by atoms with van der Waals surface area (Å²) in [4.78, 5) is 17.0. The summed E-state index contributed by atoms with van der Waals surface area (Å²) in [7, 11) is 0. The molecule has 5 heteroatoms. The first-order valence-electron chi connectivity index (χ1n) is 5.29. The number of nitrogens with zero attached hydrogens (tertiary/aromatic N) is 4. The van der Waals surface area contributed by atoms with Crippen LogP contribution in [0.4, 0.5) is 5.82 Å². The number of nitrogens with two attached hydrogens (primary N) is 1. The Labute approximate surface area is 94.2 Å². The molecule has 5 nitrogen and oxygen atoms in total. The highest BCUT2D eigenvalue weighted by atomic mass is 15.0. The Balaban J connectivity index is 2.67. The van der Waals surface area contributed by atoms with Crippen molar-refractivity contribution in [1.29, 1.82) is 0 Å². The van der Waals surface area contributed by atoms with Gasteiger partial charge in [-0.15, -0.1) is 0 Å². The highest BCUT2D eigenvalue weighted by molar-refractivity contribution is 5.80. The molecular formula is C11H15N5. The van der Waals surface area contributed by atoms with Crippen LogP contribution in [0, 0.1) is 0 Å². The van der Waals surface area contributed by atoms with E-state index in [0.29, 0.717) is 17.0 Å². The lowest BCUT2D eigenvalue weighted by Gasteiger charge is -2.20. The van der Waals surface area contributed by atoms with Crippen molar-refractivity contribution in [1.82, 2.24) is 19.9 Å². The van der Waals surface area contributed by atoms with Crippen molar-refractivity contribution in [3.05, 3.63) is 18.2 Å². The van der Waals surface area contributed by atoms with E-state index < -0.39 is 0 Å². The van der Waals surface area contributed by atoms with Crippen molar-refractivity contribution in [2.45, 2.75) is 32.6 Å². The number of anilines is 1. The third-order valence-electron chi connectivity index (χ3n) is 2.85. The Hall–Kier alpha value is -1.78. The molecule has 0 amide bonds. The molecule has 2 rings (SSSR count). The molecule has 0 radical (unpaired) electrons. The average molecular weight is 217 g/mol. The largest absolute Gasteiger partial charge is 0.382 e. The summed E-state index contributed by atoms with van der Waals surface area (Å²) in [5.41, 5.74) is 6.89. The first-order valence-corrected chi connectivity index (χ1v) is 5.29. The van der Waals surface area contributed by atoms with Gasteiger partial charge in [-0.2, -0.15) is 0 Å². The molecule has 2 aromatic heterocycles. The van der Waals surface area contributed by atoms with Gasteiger partial charge in [0.1, 0.15) is 11.3 Å². The van der Waals surface area contributed by atoms with Gasteiger partial charge in [0.2, 0.25) is 0 Å². The summed E-state index contributed by atoms with van der Waals surface area (Å²) in [6.07, 6.45) is 4.14. The van der Waals surface area contributed by atoms with E-state index in [-0.39, 0.29) is 5.41 Å². The molecule has 0 aliphatic carbocycles. The number of nitrogen functional groups attached to an aromatic ring is 1. The maximum absolute atomic E-state index is 5.85. The first-order chi connectivity index (χ1) is 7.54. The summed E-state index contributed by atoms with van der Waals surface area (Å²) < 4.78 is 0. The highest BCUT2D eigenvalue weighted by Crippen LogP contribution is 2.25. The number of hydrogen-bond donors (Lipinski definition) is 1. The van der Waals surface area contributed by atoms with Crippen LogP contribution in [0.15, 0.2) is 12.4 Å². The Bertz CT molecular complexity index is 521. The minimum atomic E-state index is -0.0974. The highest BCUT2D eigenvalue weighted by Gasteiger charge is 2.23. The van der Waals surface area contributed by atoms with Gasteiger partial charge >= 0.3 is 0 Å². The number of aromatic nitrogens is 4. The Morgan fingerprint density at radius 3 is 2.56 bits per heavy atom. The molecule has 0 aromatic carbocycles. The third-order valence-corrected chi connectivity index (χ3v) is 2.85. The summed E-state index contributed by atoms with van der Waals surface area (Å²) in [5.74, 6) is 1.12. The predicted octanol–water partition coefficient (Wildman–Crippen LogP) is 1.69. The molecule has 16 heavy (non-hydrogen) atoms. The summed E-state index contributed by atoms with van der Waals surface area (Å²) in [5, 5.41) is 0. The van der Waals surface area contributed by atoms with Crippen LogP contribution in [0.2, 0.25) is 0 Å². The van der Waals surface area contributed by atoms with Gasteiger partial charge in [-0.25, -0.2) is 19.9 Å².